The van der Waals surface area contributed by atoms with Crippen LogP contribution in [0.4, 0.5) is 15.8 Å². The molecule has 25 heavy (non-hydrogen) atoms. The number of piperidine rings is 1. The fourth-order valence-electron chi connectivity index (χ4n) is 3.78. The lowest BCUT2D eigenvalue weighted by Gasteiger charge is -2.44. The van der Waals surface area contributed by atoms with Crippen molar-refractivity contribution in [2.24, 2.45) is 0 Å². The molecule has 2 N–H and O–H groups in total. The summed E-state index contributed by atoms with van der Waals surface area (Å²) in [5, 5.41) is 6.52. The Morgan fingerprint density at radius 2 is 1.84 bits per heavy atom. The Bertz CT molecular complexity index is 812. The molecule has 0 unspecified atom stereocenters. The molecule has 0 saturated carbocycles. The van der Waals surface area contributed by atoms with Gasteiger partial charge in [0.1, 0.15) is 11.4 Å². The topological polar surface area (TPSA) is 44.4 Å². The van der Waals surface area contributed by atoms with E-state index in [1.54, 1.807) is 6.07 Å². The first kappa shape index (κ1) is 16.1. The first-order chi connectivity index (χ1) is 12.1. The number of carbonyl (C=O) groups excluding carboxylic acids is 1. The number of anilines is 2. The number of rotatable bonds is 2. The van der Waals surface area contributed by atoms with Gasteiger partial charge in [0, 0.05) is 19.6 Å². The van der Waals surface area contributed by atoms with Gasteiger partial charge in [-0.2, -0.15) is 0 Å². The summed E-state index contributed by atoms with van der Waals surface area (Å²) in [6.07, 6.45) is 1.51. The lowest BCUT2D eigenvalue weighted by molar-refractivity contribution is -0.122. The van der Waals surface area contributed by atoms with Gasteiger partial charge in [-0.25, -0.2) is 4.39 Å². The maximum atomic E-state index is 13.3. The normalized spacial score (nSPS) is 19.2. The molecule has 2 aromatic rings. The van der Waals surface area contributed by atoms with Crippen LogP contribution in [0.2, 0.25) is 0 Å². The first-order valence-corrected chi connectivity index (χ1v) is 8.72. The largest absolute Gasteiger partial charge is 0.369 e. The average Bonchev–Trinajstić information content (AvgIpc) is 2.60. The third-order valence-corrected chi connectivity index (χ3v) is 5.39. The summed E-state index contributed by atoms with van der Waals surface area (Å²) < 4.78 is 13.3. The van der Waals surface area contributed by atoms with E-state index in [0.717, 1.165) is 55.0 Å². The van der Waals surface area contributed by atoms with Crippen LogP contribution < -0.4 is 10.6 Å². The number of likely N-dealkylation sites (tertiary alicyclic amines) is 1. The van der Waals surface area contributed by atoms with Crippen LogP contribution in [0.1, 0.15) is 24.0 Å². The molecule has 0 atom stereocenters. The average molecular weight is 339 g/mol. The van der Waals surface area contributed by atoms with Gasteiger partial charge in [-0.3, -0.25) is 9.69 Å². The van der Waals surface area contributed by atoms with Crippen LogP contribution in [-0.2, 0) is 11.3 Å². The summed E-state index contributed by atoms with van der Waals surface area (Å²) in [6.45, 7) is 4.40. The molecule has 0 bridgehead atoms. The number of carbonyl (C=O) groups is 1. The van der Waals surface area contributed by atoms with Gasteiger partial charge < -0.3 is 10.6 Å². The molecule has 4 nitrogen and oxygen atoms in total. The van der Waals surface area contributed by atoms with E-state index in [1.807, 2.05) is 37.3 Å². The van der Waals surface area contributed by atoms with Gasteiger partial charge in [0.25, 0.3) is 0 Å². The lowest BCUT2D eigenvalue weighted by Crippen LogP contribution is -2.58. The van der Waals surface area contributed by atoms with Crippen molar-refractivity contribution >= 4 is 17.3 Å². The van der Waals surface area contributed by atoms with E-state index in [0.29, 0.717) is 0 Å². The SMILES string of the molecule is Cc1cc(F)ccc1CN1CCC2(CC1)Nc1ccccc1NC2=O. The van der Waals surface area contributed by atoms with Gasteiger partial charge in [0.2, 0.25) is 5.91 Å². The fraction of sp³-hybridized carbons (Fsp3) is 0.350. The molecule has 2 aliphatic heterocycles. The second-order valence-corrected chi connectivity index (χ2v) is 7.05. The van der Waals surface area contributed by atoms with Crippen molar-refractivity contribution in [3.63, 3.8) is 0 Å². The summed E-state index contributed by atoms with van der Waals surface area (Å²) in [5.41, 5.74) is 3.43. The van der Waals surface area contributed by atoms with Gasteiger partial charge >= 0.3 is 0 Å². The molecule has 1 spiro atoms. The Morgan fingerprint density at radius 3 is 2.56 bits per heavy atom. The van der Waals surface area contributed by atoms with Crippen LogP contribution in [-0.4, -0.2) is 29.4 Å². The molecule has 5 heteroatoms. The Hall–Kier alpha value is -2.40. The molecular weight excluding hydrogens is 317 g/mol. The van der Waals surface area contributed by atoms with Crippen LogP contribution in [0.3, 0.4) is 0 Å². The molecule has 0 aliphatic carbocycles. The third-order valence-electron chi connectivity index (χ3n) is 5.39. The number of nitrogens with one attached hydrogen (secondary N) is 2. The maximum Gasteiger partial charge on any atom is 0.250 e. The number of amides is 1. The zero-order valence-electron chi connectivity index (χ0n) is 14.3. The van der Waals surface area contributed by atoms with Crippen molar-refractivity contribution in [2.45, 2.75) is 31.8 Å². The number of nitrogens with zero attached hydrogens (tertiary/aromatic N) is 1. The summed E-state index contributed by atoms with van der Waals surface area (Å²) in [5.74, 6) is -0.135. The summed E-state index contributed by atoms with van der Waals surface area (Å²) in [4.78, 5) is 15.0. The van der Waals surface area contributed by atoms with Crippen LogP contribution in [0.25, 0.3) is 0 Å². The van der Waals surface area contributed by atoms with Gasteiger partial charge in [0.15, 0.2) is 0 Å². The molecule has 0 radical (unpaired) electrons. The molecule has 1 saturated heterocycles. The highest BCUT2D eigenvalue weighted by atomic mass is 19.1. The highest BCUT2D eigenvalue weighted by Crippen LogP contribution is 2.36. The molecule has 2 aromatic carbocycles. The van der Waals surface area contributed by atoms with E-state index >= 15 is 0 Å². The van der Waals surface area contributed by atoms with Crippen molar-refractivity contribution in [1.29, 1.82) is 0 Å². The Labute approximate surface area is 147 Å². The third kappa shape index (κ3) is 3.00. The summed E-state index contributed by atoms with van der Waals surface area (Å²) in [6, 6.07) is 12.8. The highest BCUT2D eigenvalue weighted by Gasteiger charge is 2.44. The fourth-order valence-corrected chi connectivity index (χ4v) is 3.78. The minimum absolute atomic E-state index is 0.0591. The highest BCUT2D eigenvalue weighted by molar-refractivity contribution is 6.06. The van der Waals surface area contributed by atoms with Gasteiger partial charge in [-0.15, -0.1) is 0 Å². The summed E-state index contributed by atoms with van der Waals surface area (Å²) >= 11 is 0. The predicted molar refractivity (Wildman–Crippen MR) is 97.1 cm³/mol. The minimum atomic E-state index is -0.525. The number of aryl methyl sites for hydroxylation is 1. The van der Waals surface area contributed by atoms with Crippen LogP contribution in [0.15, 0.2) is 42.5 Å². The molecule has 0 aromatic heterocycles. The molecule has 2 aliphatic rings. The first-order valence-electron chi connectivity index (χ1n) is 8.72. The van der Waals surface area contributed by atoms with E-state index in [4.69, 9.17) is 0 Å². The summed E-state index contributed by atoms with van der Waals surface area (Å²) in [7, 11) is 0. The number of hydrogen-bond donors (Lipinski definition) is 2. The number of benzene rings is 2. The van der Waals surface area contributed by atoms with Crippen molar-refractivity contribution in [3.05, 3.63) is 59.4 Å². The Kier molecular flexibility index (Phi) is 3.96. The van der Waals surface area contributed by atoms with Crippen molar-refractivity contribution in [1.82, 2.24) is 4.90 Å². The van der Waals surface area contributed by atoms with Crippen LogP contribution in [0.5, 0.6) is 0 Å². The second-order valence-electron chi connectivity index (χ2n) is 7.05. The smallest absolute Gasteiger partial charge is 0.250 e. The standard InChI is InChI=1S/C20H22FN3O/c1-14-12-16(21)7-6-15(14)13-24-10-8-20(9-11-24)19(25)22-17-4-2-3-5-18(17)23-20/h2-7,12,23H,8-11,13H2,1H3,(H,22,25). The van der Waals surface area contributed by atoms with Crippen LogP contribution in [0, 0.1) is 12.7 Å². The monoisotopic (exact) mass is 339 g/mol. The molecule has 2 heterocycles. The van der Waals surface area contributed by atoms with Gasteiger partial charge in [-0.05, 0) is 55.2 Å². The lowest BCUT2D eigenvalue weighted by atomic mass is 9.84. The van der Waals surface area contributed by atoms with E-state index in [1.165, 1.54) is 6.07 Å². The van der Waals surface area contributed by atoms with Gasteiger partial charge in [0.05, 0.1) is 11.4 Å². The molecule has 1 amide bonds. The zero-order chi connectivity index (χ0) is 17.4. The Balaban J connectivity index is 1.45. The van der Waals surface area contributed by atoms with Crippen molar-refractivity contribution in [2.75, 3.05) is 23.7 Å². The number of hydrogen-bond acceptors (Lipinski definition) is 3. The molecule has 4 rings (SSSR count). The van der Waals surface area contributed by atoms with E-state index in [9.17, 15) is 9.18 Å². The zero-order valence-corrected chi connectivity index (χ0v) is 14.3. The Morgan fingerprint density at radius 1 is 1.12 bits per heavy atom. The number of halogens is 1. The van der Waals surface area contributed by atoms with E-state index in [-0.39, 0.29) is 11.7 Å². The van der Waals surface area contributed by atoms with Crippen molar-refractivity contribution in [3.8, 4) is 0 Å². The molecule has 1 fully saturated rings. The number of para-hydroxylation sites is 2. The predicted octanol–water partition coefficient (Wildman–Crippen LogP) is 3.53. The van der Waals surface area contributed by atoms with E-state index < -0.39 is 5.54 Å². The number of fused-ring (bicyclic) bond motifs is 1. The van der Waals surface area contributed by atoms with E-state index in [2.05, 4.69) is 15.5 Å². The van der Waals surface area contributed by atoms with Crippen LogP contribution >= 0.6 is 0 Å². The van der Waals surface area contributed by atoms with Crippen molar-refractivity contribution < 1.29 is 9.18 Å². The van der Waals surface area contributed by atoms with Gasteiger partial charge in [-0.1, -0.05) is 18.2 Å². The maximum absolute atomic E-state index is 13.3. The molecule has 130 valence electrons. The quantitative estimate of drug-likeness (QED) is 0.880. The second kappa shape index (κ2) is 6.15. The molecular formula is C20H22FN3O. The minimum Gasteiger partial charge on any atom is -0.369 e.